The first-order chi connectivity index (χ1) is 6.91. The maximum Gasteiger partial charge on any atom is 0.0552 e. The third kappa shape index (κ3) is 2.96. The monoisotopic (exact) mass is 207 g/mol. The molecule has 1 unspecified atom stereocenters. The summed E-state index contributed by atoms with van der Waals surface area (Å²) in [6.45, 7) is 6.08. The first-order valence-electron chi connectivity index (χ1n) is 5.37. The van der Waals surface area contributed by atoms with Crippen molar-refractivity contribution in [3.63, 3.8) is 0 Å². The lowest BCUT2D eigenvalue weighted by Gasteiger charge is -2.19. The first kappa shape index (κ1) is 12.1. The molecular weight excluding hydrogens is 186 g/mol. The molecular formula is C13H21NO. The summed E-state index contributed by atoms with van der Waals surface area (Å²) in [4.78, 5) is 2.12. The van der Waals surface area contributed by atoms with Crippen LogP contribution in [0.15, 0.2) is 12.1 Å². The van der Waals surface area contributed by atoms with E-state index < -0.39 is 0 Å². The molecule has 0 aromatic heterocycles. The van der Waals surface area contributed by atoms with Crippen molar-refractivity contribution in [2.24, 2.45) is 0 Å². The molecule has 2 nitrogen and oxygen atoms in total. The highest BCUT2D eigenvalue weighted by atomic mass is 16.3. The van der Waals surface area contributed by atoms with E-state index in [1.54, 1.807) is 0 Å². The van der Waals surface area contributed by atoms with Gasteiger partial charge in [-0.15, -0.1) is 0 Å². The molecule has 0 amide bonds. The van der Waals surface area contributed by atoms with Crippen molar-refractivity contribution in [2.75, 3.05) is 19.0 Å². The van der Waals surface area contributed by atoms with Gasteiger partial charge in [0.15, 0.2) is 0 Å². The van der Waals surface area contributed by atoms with Gasteiger partial charge in [-0.1, -0.05) is 6.07 Å². The minimum Gasteiger partial charge on any atom is -0.393 e. The lowest BCUT2D eigenvalue weighted by atomic mass is 10.00. The number of aryl methyl sites for hydroxylation is 1. The van der Waals surface area contributed by atoms with Crippen LogP contribution in [0, 0.1) is 13.8 Å². The second kappa shape index (κ2) is 4.67. The molecule has 0 spiro atoms. The Hall–Kier alpha value is -1.02. The van der Waals surface area contributed by atoms with Crippen LogP contribution in [0.2, 0.25) is 0 Å². The quantitative estimate of drug-likeness (QED) is 0.822. The van der Waals surface area contributed by atoms with Crippen LogP contribution in [0.5, 0.6) is 0 Å². The Bertz CT molecular complexity index is 343. The maximum atomic E-state index is 9.38. The van der Waals surface area contributed by atoms with Crippen LogP contribution in [0.1, 0.15) is 23.6 Å². The highest BCUT2D eigenvalue weighted by Crippen LogP contribution is 2.24. The smallest absolute Gasteiger partial charge is 0.0552 e. The van der Waals surface area contributed by atoms with Gasteiger partial charge >= 0.3 is 0 Å². The van der Waals surface area contributed by atoms with Crippen LogP contribution in [0.25, 0.3) is 0 Å². The van der Waals surface area contributed by atoms with E-state index in [-0.39, 0.29) is 6.10 Å². The topological polar surface area (TPSA) is 23.5 Å². The Morgan fingerprint density at radius 2 is 1.87 bits per heavy atom. The van der Waals surface area contributed by atoms with Crippen LogP contribution in [0.4, 0.5) is 5.69 Å². The first-order valence-corrected chi connectivity index (χ1v) is 5.37. The van der Waals surface area contributed by atoms with Crippen molar-refractivity contribution in [1.29, 1.82) is 0 Å². The van der Waals surface area contributed by atoms with E-state index in [0.717, 1.165) is 6.42 Å². The second-order valence-electron chi connectivity index (χ2n) is 4.50. The third-order valence-electron chi connectivity index (χ3n) is 2.71. The molecule has 15 heavy (non-hydrogen) atoms. The highest BCUT2D eigenvalue weighted by Gasteiger charge is 2.07. The zero-order valence-electron chi connectivity index (χ0n) is 10.3. The molecule has 1 rings (SSSR count). The summed E-state index contributed by atoms with van der Waals surface area (Å²) in [6.07, 6.45) is 0.448. The molecule has 0 fully saturated rings. The van der Waals surface area contributed by atoms with Crippen molar-refractivity contribution in [3.05, 3.63) is 28.8 Å². The van der Waals surface area contributed by atoms with E-state index >= 15 is 0 Å². The lowest BCUT2D eigenvalue weighted by Crippen LogP contribution is -2.12. The number of hydrogen-bond donors (Lipinski definition) is 1. The Labute approximate surface area is 92.5 Å². The van der Waals surface area contributed by atoms with E-state index in [2.05, 4.69) is 30.9 Å². The highest BCUT2D eigenvalue weighted by molar-refractivity contribution is 5.57. The van der Waals surface area contributed by atoms with Crippen molar-refractivity contribution < 1.29 is 5.11 Å². The van der Waals surface area contributed by atoms with Crippen molar-refractivity contribution in [2.45, 2.75) is 33.3 Å². The molecule has 0 aliphatic rings. The lowest BCUT2D eigenvalue weighted by molar-refractivity contribution is 0.195. The summed E-state index contributed by atoms with van der Waals surface area (Å²) < 4.78 is 0. The molecule has 1 aromatic carbocycles. The van der Waals surface area contributed by atoms with Crippen LogP contribution in [-0.4, -0.2) is 25.3 Å². The number of anilines is 1. The van der Waals surface area contributed by atoms with Gasteiger partial charge in [0.05, 0.1) is 6.10 Å². The molecule has 0 saturated heterocycles. The minimum absolute atomic E-state index is 0.276. The fourth-order valence-corrected chi connectivity index (χ4v) is 1.84. The molecule has 1 N–H and O–H groups in total. The summed E-state index contributed by atoms with van der Waals surface area (Å²) in [5, 5.41) is 9.38. The number of hydrogen-bond acceptors (Lipinski definition) is 2. The normalized spacial score (nSPS) is 12.7. The van der Waals surface area contributed by atoms with Crippen LogP contribution >= 0.6 is 0 Å². The molecule has 1 atom stereocenters. The number of rotatable bonds is 3. The van der Waals surface area contributed by atoms with Crippen LogP contribution in [-0.2, 0) is 6.42 Å². The Kier molecular flexibility index (Phi) is 3.75. The zero-order valence-corrected chi connectivity index (χ0v) is 10.3. The fourth-order valence-electron chi connectivity index (χ4n) is 1.84. The summed E-state index contributed by atoms with van der Waals surface area (Å²) in [6, 6.07) is 4.32. The summed E-state index contributed by atoms with van der Waals surface area (Å²) >= 11 is 0. The van der Waals surface area contributed by atoms with E-state index in [9.17, 15) is 5.11 Å². The number of aliphatic hydroxyl groups is 1. The largest absolute Gasteiger partial charge is 0.393 e. The van der Waals surface area contributed by atoms with Gasteiger partial charge in [0, 0.05) is 19.8 Å². The van der Waals surface area contributed by atoms with E-state index in [1.165, 1.54) is 22.4 Å². The predicted octanol–water partition coefficient (Wildman–Crippen LogP) is 2.29. The molecule has 0 heterocycles. The molecule has 2 heteroatoms. The van der Waals surface area contributed by atoms with Gasteiger partial charge < -0.3 is 10.0 Å². The van der Waals surface area contributed by atoms with E-state index in [1.807, 2.05) is 21.0 Å². The van der Waals surface area contributed by atoms with E-state index in [4.69, 9.17) is 0 Å². The molecule has 0 aliphatic heterocycles. The third-order valence-corrected chi connectivity index (χ3v) is 2.71. The second-order valence-corrected chi connectivity index (χ2v) is 4.50. The van der Waals surface area contributed by atoms with Crippen LogP contribution in [0.3, 0.4) is 0 Å². The van der Waals surface area contributed by atoms with Crippen molar-refractivity contribution in [1.82, 2.24) is 0 Å². The van der Waals surface area contributed by atoms with Gasteiger partial charge in [0.25, 0.3) is 0 Å². The Balaban J connectivity index is 3.11. The number of nitrogens with zero attached hydrogens (tertiary/aromatic N) is 1. The molecule has 0 aliphatic carbocycles. The van der Waals surface area contributed by atoms with Gasteiger partial charge in [-0.25, -0.2) is 0 Å². The zero-order chi connectivity index (χ0) is 11.6. The standard InChI is InChI=1S/C13H21NO/c1-9-6-12(7-10(2)15)8-13(11(9)3)14(4)5/h6,8,10,15H,7H2,1-5H3. The van der Waals surface area contributed by atoms with Gasteiger partial charge in [0.2, 0.25) is 0 Å². The Morgan fingerprint density at radius 3 is 2.33 bits per heavy atom. The maximum absolute atomic E-state index is 9.38. The van der Waals surface area contributed by atoms with Crippen molar-refractivity contribution in [3.8, 4) is 0 Å². The average Bonchev–Trinajstić information content (AvgIpc) is 2.09. The SMILES string of the molecule is Cc1cc(CC(C)O)cc(N(C)C)c1C. The van der Waals surface area contributed by atoms with Crippen LogP contribution < -0.4 is 4.90 Å². The Morgan fingerprint density at radius 1 is 1.27 bits per heavy atom. The van der Waals surface area contributed by atoms with Gasteiger partial charge in [0.1, 0.15) is 0 Å². The average molecular weight is 207 g/mol. The molecule has 0 saturated carbocycles. The summed E-state index contributed by atoms with van der Waals surface area (Å²) in [7, 11) is 4.10. The van der Waals surface area contributed by atoms with Gasteiger partial charge in [-0.2, -0.15) is 0 Å². The van der Waals surface area contributed by atoms with Gasteiger partial charge in [-0.05, 0) is 49.9 Å². The molecule has 84 valence electrons. The summed E-state index contributed by atoms with van der Waals surface area (Å²) in [5.41, 5.74) is 5.05. The van der Waals surface area contributed by atoms with E-state index in [0.29, 0.717) is 0 Å². The van der Waals surface area contributed by atoms with Gasteiger partial charge in [-0.3, -0.25) is 0 Å². The number of benzene rings is 1. The molecule has 0 bridgehead atoms. The number of aliphatic hydroxyl groups excluding tert-OH is 1. The minimum atomic E-state index is -0.276. The predicted molar refractivity (Wildman–Crippen MR) is 65.6 cm³/mol. The van der Waals surface area contributed by atoms with Crippen molar-refractivity contribution >= 4 is 5.69 Å². The molecule has 0 radical (unpaired) electrons. The molecule has 1 aromatic rings. The fraction of sp³-hybridized carbons (Fsp3) is 0.538. The summed E-state index contributed by atoms with van der Waals surface area (Å²) in [5.74, 6) is 0.